The number of carboxylic acids is 1. The summed E-state index contributed by atoms with van der Waals surface area (Å²) in [5.74, 6) is 2.16. The Kier molecular flexibility index (Phi) is 4.58. The summed E-state index contributed by atoms with van der Waals surface area (Å²) in [4.78, 5) is 18.2. The Hall–Kier alpha value is -1.23. The molecule has 1 N–H and O–H groups in total. The van der Waals surface area contributed by atoms with Gasteiger partial charge in [-0.15, -0.1) is 0 Å². The molecule has 20 heavy (non-hydrogen) atoms. The van der Waals surface area contributed by atoms with E-state index in [9.17, 15) is 9.90 Å². The van der Waals surface area contributed by atoms with Gasteiger partial charge in [0.15, 0.2) is 0 Å². The molecule has 0 spiro atoms. The molecule has 4 nitrogen and oxygen atoms in total. The lowest BCUT2D eigenvalue weighted by atomic mass is 9.90. The van der Waals surface area contributed by atoms with Crippen LogP contribution >= 0.6 is 11.8 Å². The molecular weight excluding hydrogens is 272 g/mol. The van der Waals surface area contributed by atoms with Crippen LogP contribution in [0.1, 0.15) is 43.2 Å². The summed E-state index contributed by atoms with van der Waals surface area (Å²) < 4.78 is 0. The third kappa shape index (κ3) is 3.66. The van der Waals surface area contributed by atoms with E-state index in [1.54, 1.807) is 12.1 Å². The number of aromatic carboxylic acids is 1. The molecule has 0 bridgehead atoms. The first-order chi connectivity index (χ1) is 9.38. The molecule has 2 rings (SSSR count). The highest BCUT2D eigenvalue weighted by Gasteiger charge is 2.21. The first-order valence-corrected chi connectivity index (χ1v) is 8.12. The van der Waals surface area contributed by atoms with Crippen LogP contribution < -0.4 is 4.90 Å². The van der Waals surface area contributed by atoms with Crippen molar-refractivity contribution in [2.45, 2.75) is 32.6 Å². The number of aromatic nitrogens is 1. The fraction of sp³-hybridized carbons (Fsp3) is 0.600. The highest BCUT2D eigenvalue weighted by molar-refractivity contribution is 7.99. The van der Waals surface area contributed by atoms with E-state index in [0.717, 1.165) is 36.8 Å². The Balaban J connectivity index is 2.40. The van der Waals surface area contributed by atoms with Gasteiger partial charge in [-0.05, 0) is 24.3 Å². The van der Waals surface area contributed by atoms with Crippen molar-refractivity contribution in [2.75, 3.05) is 29.5 Å². The fourth-order valence-corrected chi connectivity index (χ4v) is 3.05. The van der Waals surface area contributed by atoms with Crippen molar-refractivity contribution >= 4 is 23.5 Å². The largest absolute Gasteiger partial charge is 0.478 e. The molecule has 1 fully saturated rings. The molecule has 1 aromatic heterocycles. The van der Waals surface area contributed by atoms with E-state index in [0.29, 0.717) is 5.56 Å². The molecule has 0 saturated carbocycles. The monoisotopic (exact) mass is 294 g/mol. The van der Waals surface area contributed by atoms with Crippen LogP contribution in [-0.4, -0.2) is 40.7 Å². The number of rotatable bonds is 2. The second-order valence-corrected chi connectivity index (χ2v) is 7.33. The molecule has 0 aromatic carbocycles. The molecule has 1 aliphatic rings. The molecule has 0 radical (unpaired) electrons. The average molecular weight is 294 g/mol. The van der Waals surface area contributed by atoms with E-state index in [2.05, 4.69) is 25.7 Å². The van der Waals surface area contributed by atoms with Gasteiger partial charge in [-0.3, -0.25) is 0 Å². The van der Waals surface area contributed by atoms with Crippen LogP contribution in [0.25, 0.3) is 0 Å². The maximum absolute atomic E-state index is 11.3. The number of anilines is 1. The van der Waals surface area contributed by atoms with Gasteiger partial charge in [-0.1, -0.05) is 20.8 Å². The zero-order chi connectivity index (χ0) is 14.8. The van der Waals surface area contributed by atoms with Gasteiger partial charge in [-0.2, -0.15) is 11.8 Å². The van der Waals surface area contributed by atoms with Gasteiger partial charge in [0.2, 0.25) is 0 Å². The quantitative estimate of drug-likeness (QED) is 0.908. The predicted octanol–water partition coefficient (Wildman–Crippen LogP) is 3.02. The van der Waals surface area contributed by atoms with E-state index in [4.69, 9.17) is 4.98 Å². The second-order valence-electron chi connectivity index (χ2n) is 6.11. The van der Waals surface area contributed by atoms with Gasteiger partial charge in [0.05, 0.1) is 5.56 Å². The number of thioether (sulfide) groups is 1. The normalized spacial score (nSPS) is 16.9. The smallest absolute Gasteiger partial charge is 0.335 e. The zero-order valence-electron chi connectivity index (χ0n) is 12.3. The first-order valence-electron chi connectivity index (χ1n) is 6.96. The first kappa shape index (κ1) is 15.2. The van der Waals surface area contributed by atoms with E-state index in [-0.39, 0.29) is 5.41 Å². The Morgan fingerprint density at radius 2 is 2.05 bits per heavy atom. The lowest BCUT2D eigenvalue weighted by Crippen LogP contribution is -2.28. The number of pyridine rings is 1. The summed E-state index contributed by atoms with van der Waals surface area (Å²) in [5.41, 5.74) is 1.02. The lowest BCUT2D eigenvalue weighted by Gasteiger charge is -2.25. The number of nitrogens with zero attached hydrogens (tertiary/aromatic N) is 2. The van der Waals surface area contributed by atoms with Crippen LogP contribution in [0.2, 0.25) is 0 Å². The van der Waals surface area contributed by atoms with Gasteiger partial charge in [-0.25, -0.2) is 9.78 Å². The van der Waals surface area contributed by atoms with Crippen molar-refractivity contribution in [2.24, 2.45) is 0 Å². The van der Waals surface area contributed by atoms with Crippen LogP contribution in [0.3, 0.4) is 0 Å². The highest BCUT2D eigenvalue weighted by Crippen LogP contribution is 2.26. The van der Waals surface area contributed by atoms with Crippen molar-refractivity contribution in [1.29, 1.82) is 0 Å². The minimum absolute atomic E-state index is 0.152. The molecule has 5 heteroatoms. The van der Waals surface area contributed by atoms with Crippen molar-refractivity contribution in [3.8, 4) is 0 Å². The molecule has 0 amide bonds. The average Bonchev–Trinajstić information content (AvgIpc) is 2.66. The third-order valence-electron chi connectivity index (χ3n) is 3.37. The molecule has 1 aliphatic heterocycles. The molecule has 1 aromatic rings. The number of hydrogen-bond acceptors (Lipinski definition) is 4. The minimum Gasteiger partial charge on any atom is -0.478 e. The highest BCUT2D eigenvalue weighted by atomic mass is 32.2. The van der Waals surface area contributed by atoms with Crippen molar-refractivity contribution in [3.63, 3.8) is 0 Å². The number of hydrogen-bond donors (Lipinski definition) is 1. The molecule has 2 heterocycles. The van der Waals surface area contributed by atoms with Crippen LogP contribution in [0, 0.1) is 0 Å². The zero-order valence-corrected chi connectivity index (χ0v) is 13.2. The molecule has 110 valence electrons. The van der Waals surface area contributed by atoms with E-state index < -0.39 is 5.97 Å². The summed E-state index contributed by atoms with van der Waals surface area (Å²) in [7, 11) is 0. The maximum Gasteiger partial charge on any atom is 0.335 e. The number of carboxylic acid groups (broad SMARTS) is 1. The van der Waals surface area contributed by atoms with Crippen LogP contribution in [0.5, 0.6) is 0 Å². The standard InChI is InChI=1S/C15H22N2O2S/c1-15(2,3)12-9-11(14(18)19)10-13(16-12)17-5-4-7-20-8-6-17/h9-10H,4-8H2,1-3H3,(H,18,19). The summed E-state index contributed by atoms with van der Waals surface area (Å²) in [6.07, 6.45) is 1.12. The molecular formula is C15H22N2O2S. The molecule has 0 aliphatic carbocycles. The third-order valence-corrected chi connectivity index (χ3v) is 4.42. The predicted molar refractivity (Wildman–Crippen MR) is 84.1 cm³/mol. The van der Waals surface area contributed by atoms with Gasteiger partial charge in [0, 0.05) is 30.0 Å². The number of carbonyl (C=O) groups is 1. The molecule has 1 saturated heterocycles. The van der Waals surface area contributed by atoms with Crippen molar-refractivity contribution < 1.29 is 9.90 Å². The topological polar surface area (TPSA) is 53.4 Å². The van der Waals surface area contributed by atoms with E-state index in [1.165, 1.54) is 5.75 Å². The summed E-state index contributed by atoms with van der Waals surface area (Å²) >= 11 is 1.95. The fourth-order valence-electron chi connectivity index (χ4n) is 2.16. The van der Waals surface area contributed by atoms with Crippen LogP contribution in [0.4, 0.5) is 5.82 Å². The maximum atomic E-state index is 11.3. The van der Waals surface area contributed by atoms with Gasteiger partial charge in [0.1, 0.15) is 5.82 Å². The molecule has 0 atom stereocenters. The Labute approximate surface area is 124 Å². The van der Waals surface area contributed by atoms with Gasteiger partial charge >= 0.3 is 5.97 Å². The van der Waals surface area contributed by atoms with E-state index in [1.807, 2.05) is 11.8 Å². The minimum atomic E-state index is -0.886. The van der Waals surface area contributed by atoms with Crippen LogP contribution in [0.15, 0.2) is 12.1 Å². The van der Waals surface area contributed by atoms with Gasteiger partial charge < -0.3 is 10.0 Å². The van der Waals surface area contributed by atoms with E-state index >= 15 is 0 Å². The summed E-state index contributed by atoms with van der Waals surface area (Å²) in [5, 5.41) is 9.30. The van der Waals surface area contributed by atoms with Gasteiger partial charge in [0.25, 0.3) is 0 Å². The Bertz CT molecular complexity index is 489. The van der Waals surface area contributed by atoms with Crippen molar-refractivity contribution in [3.05, 3.63) is 23.4 Å². The summed E-state index contributed by atoms with van der Waals surface area (Å²) in [6, 6.07) is 3.39. The molecule has 0 unspecified atom stereocenters. The second kappa shape index (κ2) is 6.04. The Morgan fingerprint density at radius 1 is 1.30 bits per heavy atom. The lowest BCUT2D eigenvalue weighted by molar-refractivity contribution is 0.0696. The van der Waals surface area contributed by atoms with Crippen LogP contribution in [-0.2, 0) is 5.41 Å². The Morgan fingerprint density at radius 3 is 2.70 bits per heavy atom. The van der Waals surface area contributed by atoms with Crippen molar-refractivity contribution in [1.82, 2.24) is 4.98 Å². The SMILES string of the molecule is CC(C)(C)c1cc(C(=O)O)cc(N2CCCSCC2)n1. The summed E-state index contributed by atoms with van der Waals surface area (Å²) in [6.45, 7) is 8.06.